The lowest BCUT2D eigenvalue weighted by Gasteiger charge is -2.30. The average molecular weight is 663 g/mol. The van der Waals surface area contributed by atoms with Crippen LogP contribution in [-0.4, -0.2) is 43.0 Å². The van der Waals surface area contributed by atoms with Gasteiger partial charge in [0.2, 0.25) is 5.91 Å². The van der Waals surface area contributed by atoms with E-state index >= 15 is 0 Å². The number of amides is 2. The van der Waals surface area contributed by atoms with Crippen LogP contribution < -0.4 is 20.3 Å². The number of hydrogen-bond acceptors (Lipinski definition) is 5. The Morgan fingerprint density at radius 2 is 1.69 bits per heavy atom. The van der Waals surface area contributed by atoms with E-state index in [-0.39, 0.29) is 17.5 Å². The predicted molar refractivity (Wildman–Crippen MR) is 174 cm³/mol. The van der Waals surface area contributed by atoms with E-state index in [4.69, 9.17) is 4.74 Å². The number of alkyl halides is 3. The van der Waals surface area contributed by atoms with E-state index in [0.29, 0.717) is 29.4 Å². The summed E-state index contributed by atoms with van der Waals surface area (Å²) in [5, 5.41) is 5.74. The molecule has 0 spiro atoms. The summed E-state index contributed by atoms with van der Waals surface area (Å²) in [4.78, 5) is 34.8. The van der Waals surface area contributed by atoms with E-state index in [9.17, 15) is 27.2 Å². The van der Waals surface area contributed by atoms with Crippen molar-refractivity contribution in [1.82, 2.24) is 10.3 Å². The summed E-state index contributed by atoms with van der Waals surface area (Å²) in [6, 6.07) is 11.2. The van der Waals surface area contributed by atoms with Crippen molar-refractivity contribution in [2.75, 3.05) is 30.4 Å². The molecule has 3 saturated carbocycles. The van der Waals surface area contributed by atoms with Crippen molar-refractivity contribution in [2.24, 2.45) is 23.7 Å². The number of anilines is 2. The van der Waals surface area contributed by atoms with Gasteiger partial charge in [0, 0.05) is 42.5 Å². The Kier molecular flexibility index (Phi) is 8.64. The fourth-order valence-electron chi connectivity index (χ4n) is 7.77. The highest BCUT2D eigenvalue weighted by molar-refractivity contribution is 6.00. The Morgan fingerprint density at radius 3 is 2.38 bits per heavy atom. The van der Waals surface area contributed by atoms with Gasteiger partial charge in [0.15, 0.2) is 0 Å². The molecular formula is C37H38F4N4O3. The third-order valence-corrected chi connectivity index (χ3v) is 10.3. The van der Waals surface area contributed by atoms with Gasteiger partial charge in [-0.2, -0.15) is 13.2 Å². The first-order valence-electron chi connectivity index (χ1n) is 16.7. The molecule has 0 radical (unpaired) electrons. The largest absolute Gasteiger partial charge is 0.496 e. The third kappa shape index (κ3) is 6.39. The summed E-state index contributed by atoms with van der Waals surface area (Å²) in [6.45, 7) is 1.97. The number of methoxy groups -OCH3 is 1. The standard InChI is InChI=1S/C37H38F4N4O3/c1-48-31-13-7-22(23-8-14-32(42-20-23)45-15-3-2-4-16-45)18-28(31)35(46)44-34-26-11-10-25(27(26)17-21-5-6-21)33(34)36(47)43-24-9-12-30(38)29(19-24)37(39,40)41/h7-9,12-14,17-21,25-26,33-34H,2-6,10-11,15-16H2,1H3,(H,43,47)(H,44,46)/b27-17-/t25?,26?,33-,34?/m0/s1. The second-order valence-corrected chi connectivity index (χ2v) is 13.4. The van der Waals surface area contributed by atoms with Gasteiger partial charge in [0.05, 0.1) is 24.2 Å². The Labute approximate surface area is 276 Å². The van der Waals surface area contributed by atoms with E-state index in [2.05, 4.69) is 26.6 Å². The number of fused-ring (bicyclic) bond motifs is 2. The fourth-order valence-corrected chi connectivity index (χ4v) is 7.77. The molecule has 7 rings (SSSR count). The summed E-state index contributed by atoms with van der Waals surface area (Å²) in [6.07, 6.45) is 6.33. The van der Waals surface area contributed by atoms with Crippen LogP contribution in [0, 0.1) is 29.5 Å². The van der Waals surface area contributed by atoms with Crippen molar-refractivity contribution in [3.63, 3.8) is 0 Å². The van der Waals surface area contributed by atoms with E-state index in [1.807, 2.05) is 18.2 Å². The zero-order valence-corrected chi connectivity index (χ0v) is 26.7. The lowest BCUT2D eigenvalue weighted by Crippen LogP contribution is -2.48. The van der Waals surface area contributed by atoms with E-state index in [1.54, 1.807) is 18.3 Å². The number of nitrogens with zero attached hydrogens (tertiary/aromatic N) is 2. The maximum Gasteiger partial charge on any atom is 0.419 e. The first-order valence-corrected chi connectivity index (χ1v) is 16.7. The minimum Gasteiger partial charge on any atom is -0.496 e. The van der Waals surface area contributed by atoms with Gasteiger partial charge in [-0.1, -0.05) is 17.7 Å². The highest BCUT2D eigenvalue weighted by atomic mass is 19.4. The topological polar surface area (TPSA) is 83.6 Å². The SMILES string of the molecule is COc1ccc(-c2ccc(N3CCCCC3)nc2)cc1C(=O)NC1C2CCC(/C2=C/C2CC2)[C@@H]1C(=O)Nc1ccc(F)c(C(F)(F)F)c1. The molecule has 4 aliphatic rings. The summed E-state index contributed by atoms with van der Waals surface area (Å²) >= 11 is 0. The quantitative estimate of drug-likeness (QED) is 0.192. The zero-order chi connectivity index (χ0) is 33.6. The third-order valence-electron chi connectivity index (χ3n) is 10.3. The predicted octanol–water partition coefficient (Wildman–Crippen LogP) is 7.63. The lowest BCUT2D eigenvalue weighted by molar-refractivity contribution is -0.140. The molecule has 2 bridgehead atoms. The number of aromatic nitrogens is 1. The van der Waals surface area contributed by atoms with Crippen LogP contribution in [0.15, 0.2) is 66.4 Å². The monoisotopic (exact) mass is 662 g/mol. The van der Waals surface area contributed by atoms with Gasteiger partial charge < -0.3 is 20.3 Å². The van der Waals surface area contributed by atoms with Crippen molar-refractivity contribution in [3.05, 3.63) is 83.3 Å². The van der Waals surface area contributed by atoms with Crippen LogP contribution in [0.5, 0.6) is 5.75 Å². The van der Waals surface area contributed by atoms with Crippen LogP contribution in [0.4, 0.5) is 29.1 Å². The molecule has 11 heteroatoms. The average Bonchev–Trinajstić information content (AvgIpc) is 3.77. The number of halogens is 4. The van der Waals surface area contributed by atoms with E-state index in [1.165, 1.54) is 13.5 Å². The molecule has 3 aromatic rings. The van der Waals surface area contributed by atoms with Gasteiger partial charge in [-0.3, -0.25) is 9.59 Å². The molecule has 2 amide bonds. The van der Waals surface area contributed by atoms with Gasteiger partial charge in [-0.15, -0.1) is 0 Å². The molecule has 3 unspecified atom stereocenters. The molecule has 48 heavy (non-hydrogen) atoms. The number of piperidine rings is 1. The minimum atomic E-state index is -4.91. The molecule has 1 saturated heterocycles. The second kappa shape index (κ2) is 12.9. The molecule has 252 valence electrons. The highest BCUT2D eigenvalue weighted by Gasteiger charge is 2.55. The first-order chi connectivity index (χ1) is 23.1. The smallest absolute Gasteiger partial charge is 0.419 e. The number of hydrogen-bond donors (Lipinski definition) is 2. The van der Waals surface area contributed by atoms with E-state index < -0.39 is 41.3 Å². The van der Waals surface area contributed by atoms with Crippen molar-refractivity contribution < 1.29 is 31.9 Å². The minimum absolute atomic E-state index is 0.0741. The van der Waals surface area contributed by atoms with Crippen LogP contribution in [0.2, 0.25) is 0 Å². The summed E-state index contributed by atoms with van der Waals surface area (Å²) in [5.41, 5.74) is 1.47. The van der Waals surface area contributed by atoms with Gasteiger partial charge in [0.25, 0.3) is 5.91 Å². The molecular weight excluding hydrogens is 624 g/mol. The number of carbonyl (C=O) groups excluding carboxylic acids is 2. The fraction of sp³-hybridized carbons (Fsp3) is 0.432. The molecule has 7 nitrogen and oxygen atoms in total. The number of ether oxygens (including phenoxy) is 1. The summed E-state index contributed by atoms with van der Waals surface area (Å²) in [7, 11) is 1.49. The highest BCUT2D eigenvalue weighted by Crippen LogP contribution is 2.54. The van der Waals surface area contributed by atoms with Gasteiger partial charge in [0.1, 0.15) is 17.4 Å². The normalized spacial score (nSPS) is 24.5. The molecule has 1 aliphatic heterocycles. The maximum atomic E-state index is 14.0. The molecule has 3 aliphatic carbocycles. The van der Waals surface area contributed by atoms with Crippen molar-refractivity contribution in [2.45, 2.75) is 57.2 Å². The molecule has 2 heterocycles. The van der Waals surface area contributed by atoms with Gasteiger partial charge in [-0.05, 0) is 105 Å². The van der Waals surface area contributed by atoms with Crippen LogP contribution in [0.3, 0.4) is 0 Å². The van der Waals surface area contributed by atoms with Crippen molar-refractivity contribution in [3.8, 4) is 16.9 Å². The Balaban J connectivity index is 1.15. The van der Waals surface area contributed by atoms with E-state index in [0.717, 1.165) is 80.2 Å². The number of carbonyl (C=O) groups is 2. The molecule has 2 aromatic carbocycles. The number of benzene rings is 2. The maximum absolute atomic E-state index is 14.0. The Morgan fingerprint density at radius 1 is 0.938 bits per heavy atom. The second-order valence-electron chi connectivity index (χ2n) is 13.4. The van der Waals surface area contributed by atoms with Crippen LogP contribution in [0.1, 0.15) is 60.9 Å². The first kappa shape index (κ1) is 32.2. The van der Waals surface area contributed by atoms with Crippen LogP contribution in [0.25, 0.3) is 11.1 Å². The molecule has 2 N–H and O–H groups in total. The number of pyridine rings is 1. The lowest BCUT2D eigenvalue weighted by atomic mass is 9.83. The molecule has 4 atom stereocenters. The molecule has 4 fully saturated rings. The number of allylic oxidation sites excluding steroid dienone is 1. The van der Waals surface area contributed by atoms with Crippen molar-refractivity contribution >= 4 is 23.3 Å². The van der Waals surface area contributed by atoms with Gasteiger partial charge >= 0.3 is 6.18 Å². The zero-order valence-electron chi connectivity index (χ0n) is 26.7. The van der Waals surface area contributed by atoms with Crippen LogP contribution >= 0.6 is 0 Å². The van der Waals surface area contributed by atoms with Crippen molar-refractivity contribution in [1.29, 1.82) is 0 Å². The Bertz CT molecular complexity index is 1730. The number of nitrogens with one attached hydrogen (secondary N) is 2. The summed E-state index contributed by atoms with van der Waals surface area (Å²) < 4.78 is 59.7. The Hall–Kier alpha value is -4.41. The van der Waals surface area contributed by atoms with Gasteiger partial charge in [-0.25, -0.2) is 9.37 Å². The molecule has 1 aromatic heterocycles. The summed E-state index contributed by atoms with van der Waals surface area (Å²) in [5.74, 6) is -1.52. The van der Waals surface area contributed by atoms with Crippen LogP contribution in [-0.2, 0) is 11.0 Å². The number of rotatable bonds is 8.